The van der Waals surface area contributed by atoms with E-state index >= 15 is 0 Å². The topological polar surface area (TPSA) is 48.5 Å². The minimum absolute atomic E-state index is 0.0786. The molecule has 2 aliphatic rings. The van der Waals surface area contributed by atoms with Crippen molar-refractivity contribution in [2.45, 2.75) is 24.8 Å². The number of carbonyl (C=O) groups excluding carboxylic acids is 1. The smallest absolute Gasteiger partial charge is 0.220 e. The fourth-order valence-electron chi connectivity index (χ4n) is 3.76. The van der Waals surface area contributed by atoms with Gasteiger partial charge in [0, 0.05) is 38.1 Å². The molecule has 1 unspecified atom stereocenters. The Morgan fingerprint density at radius 1 is 1.26 bits per heavy atom. The van der Waals surface area contributed by atoms with Gasteiger partial charge in [-0.1, -0.05) is 23.5 Å². The van der Waals surface area contributed by atoms with Crippen molar-refractivity contribution in [1.29, 1.82) is 0 Å². The zero-order chi connectivity index (χ0) is 15.9. The Morgan fingerprint density at radius 3 is 3.00 bits per heavy atom. The van der Waals surface area contributed by atoms with Crippen LogP contribution in [0.3, 0.4) is 0 Å². The van der Waals surface area contributed by atoms with Crippen molar-refractivity contribution in [1.82, 2.24) is 15.2 Å². The summed E-state index contributed by atoms with van der Waals surface area (Å²) in [5.41, 5.74) is 1.16. The lowest BCUT2D eigenvalue weighted by atomic mass is 9.86. The minimum atomic E-state index is 0.0786. The number of benzene rings is 1. The summed E-state index contributed by atoms with van der Waals surface area (Å²) in [6, 6.07) is 8.32. The van der Waals surface area contributed by atoms with Crippen molar-refractivity contribution < 1.29 is 4.79 Å². The van der Waals surface area contributed by atoms with Crippen LogP contribution in [0.15, 0.2) is 24.3 Å². The van der Waals surface area contributed by atoms with Crippen LogP contribution in [-0.2, 0) is 4.79 Å². The number of nitrogens with one attached hydrogen (secondary N) is 1. The van der Waals surface area contributed by atoms with E-state index in [9.17, 15) is 4.79 Å². The van der Waals surface area contributed by atoms with Crippen molar-refractivity contribution in [3.63, 3.8) is 0 Å². The van der Waals surface area contributed by atoms with Crippen LogP contribution >= 0.6 is 11.3 Å². The normalized spacial score (nSPS) is 26.5. The summed E-state index contributed by atoms with van der Waals surface area (Å²) in [4.78, 5) is 21.4. The fourth-order valence-corrected chi connectivity index (χ4v) is 4.75. The SMILES string of the molecule is CN1CCN(c2nc3ccccc3s2)CC12CCNC(=O)CC2. The van der Waals surface area contributed by atoms with Gasteiger partial charge in [-0.05, 0) is 32.0 Å². The lowest BCUT2D eigenvalue weighted by molar-refractivity contribution is -0.120. The van der Waals surface area contributed by atoms with Crippen LogP contribution in [0.4, 0.5) is 5.13 Å². The molecule has 0 bridgehead atoms. The van der Waals surface area contributed by atoms with E-state index in [-0.39, 0.29) is 11.4 Å². The number of hydrogen-bond acceptors (Lipinski definition) is 5. The molecule has 0 saturated carbocycles. The molecule has 0 aliphatic carbocycles. The predicted molar refractivity (Wildman–Crippen MR) is 94.1 cm³/mol. The first-order chi connectivity index (χ1) is 11.2. The number of aromatic nitrogens is 1. The molecule has 1 aromatic heterocycles. The molecule has 1 atom stereocenters. The minimum Gasteiger partial charge on any atom is -0.356 e. The molecule has 1 N–H and O–H groups in total. The number of piperazine rings is 1. The van der Waals surface area contributed by atoms with E-state index < -0.39 is 0 Å². The molecule has 1 amide bonds. The molecule has 6 heteroatoms. The van der Waals surface area contributed by atoms with E-state index in [0.29, 0.717) is 6.42 Å². The van der Waals surface area contributed by atoms with Crippen LogP contribution in [0.25, 0.3) is 10.2 Å². The van der Waals surface area contributed by atoms with Crippen molar-refractivity contribution >= 4 is 32.6 Å². The number of nitrogens with zero attached hydrogens (tertiary/aromatic N) is 3. The van der Waals surface area contributed by atoms with Gasteiger partial charge in [0.05, 0.1) is 10.2 Å². The molecule has 4 rings (SSSR count). The first kappa shape index (κ1) is 14.9. The average Bonchev–Trinajstić information content (AvgIpc) is 2.90. The second-order valence-corrected chi connectivity index (χ2v) is 7.64. The third-order valence-corrected chi connectivity index (χ3v) is 6.38. The molecular weight excluding hydrogens is 308 g/mol. The molecule has 5 nitrogen and oxygen atoms in total. The Kier molecular flexibility index (Phi) is 3.73. The first-order valence-electron chi connectivity index (χ1n) is 8.25. The molecule has 2 fully saturated rings. The van der Waals surface area contributed by atoms with Gasteiger partial charge in [0.15, 0.2) is 5.13 Å². The summed E-state index contributed by atoms with van der Waals surface area (Å²) in [6.45, 7) is 3.75. The number of para-hydroxylation sites is 1. The molecule has 1 spiro atoms. The van der Waals surface area contributed by atoms with Crippen molar-refractivity contribution in [3.8, 4) is 0 Å². The highest BCUT2D eigenvalue weighted by atomic mass is 32.1. The maximum Gasteiger partial charge on any atom is 0.220 e. The molecule has 1 aromatic carbocycles. The highest BCUT2D eigenvalue weighted by Gasteiger charge is 2.41. The number of hydrogen-bond donors (Lipinski definition) is 1. The van der Waals surface area contributed by atoms with Crippen molar-refractivity contribution in [2.75, 3.05) is 38.1 Å². The van der Waals surface area contributed by atoms with Gasteiger partial charge in [-0.3, -0.25) is 9.69 Å². The van der Waals surface area contributed by atoms with E-state index in [0.717, 1.165) is 49.7 Å². The van der Waals surface area contributed by atoms with Crippen LogP contribution in [0.2, 0.25) is 0 Å². The molecular formula is C17H22N4OS. The number of likely N-dealkylation sites (N-methyl/N-ethyl adjacent to an activating group) is 1. The third-order valence-electron chi connectivity index (χ3n) is 5.28. The van der Waals surface area contributed by atoms with Crippen molar-refractivity contribution in [2.24, 2.45) is 0 Å². The Morgan fingerprint density at radius 2 is 2.13 bits per heavy atom. The van der Waals surface area contributed by atoms with Crippen LogP contribution in [-0.4, -0.2) is 54.6 Å². The number of fused-ring (bicyclic) bond motifs is 1. The Balaban J connectivity index is 1.62. The molecule has 2 aliphatic heterocycles. The van der Waals surface area contributed by atoms with E-state index in [1.165, 1.54) is 4.70 Å². The van der Waals surface area contributed by atoms with Gasteiger partial charge < -0.3 is 10.2 Å². The number of amides is 1. The standard InChI is InChI=1S/C17H22N4OS/c1-20-10-11-21(12-17(20)7-6-15(22)18-9-8-17)16-19-13-4-2-3-5-14(13)23-16/h2-5H,6-12H2,1H3,(H,18,22). The van der Waals surface area contributed by atoms with Gasteiger partial charge in [-0.25, -0.2) is 4.98 Å². The summed E-state index contributed by atoms with van der Waals surface area (Å²) < 4.78 is 1.24. The van der Waals surface area contributed by atoms with Gasteiger partial charge in [0.25, 0.3) is 0 Å². The second-order valence-electron chi connectivity index (χ2n) is 6.63. The lowest BCUT2D eigenvalue weighted by Crippen LogP contribution is -2.61. The molecule has 122 valence electrons. The largest absolute Gasteiger partial charge is 0.356 e. The van der Waals surface area contributed by atoms with Gasteiger partial charge >= 0.3 is 0 Å². The van der Waals surface area contributed by atoms with E-state index in [1.54, 1.807) is 11.3 Å². The Bertz CT molecular complexity index is 697. The first-order valence-corrected chi connectivity index (χ1v) is 9.06. The van der Waals surface area contributed by atoms with Crippen LogP contribution in [0, 0.1) is 0 Å². The zero-order valence-electron chi connectivity index (χ0n) is 13.4. The maximum absolute atomic E-state index is 11.7. The monoisotopic (exact) mass is 330 g/mol. The maximum atomic E-state index is 11.7. The van der Waals surface area contributed by atoms with Crippen LogP contribution in [0.5, 0.6) is 0 Å². The molecule has 2 saturated heterocycles. The zero-order valence-corrected chi connectivity index (χ0v) is 14.2. The lowest BCUT2D eigenvalue weighted by Gasteiger charge is -2.49. The average molecular weight is 330 g/mol. The summed E-state index contributed by atoms with van der Waals surface area (Å²) in [7, 11) is 2.20. The highest BCUT2D eigenvalue weighted by molar-refractivity contribution is 7.22. The van der Waals surface area contributed by atoms with Gasteiger partial charge in [-0.15, -0.1) is 0 Å². The van der Waals surface area contributed by atoms with E-state index in [1.807, 2.05) is 6.07 Å². The molecule has 0 radical (unpaired) electrons. The fraction of sp³-hybridized carbons (Fsp3) is 0.529. The molecule has 23 heavy (non-hydrogen) atoms. The van der Waals surface area contributed by atoms with Crippen LogP contribution in [0.1, 0.15) is 19.3 Å². The molecule has 2 aromatic rings. The number of thiazole rings is 1. The van der Waals surface area contributed by atoms with Gasteiger partial charge in [0.1, 0.15) is 0 Å². The summed E-state index contributed by atoms with van der Waals surface area (Å²) in [6.07, 6.45) is 2.56. The van der Waals surface area contributed by atoms with Gasteiger partial charge in [0.2, 0.25) is 5.91 Å². The Hall–Kier alpha value is -1.66. The van der Waals surface area contributed by atoms with Gasteiger partial charge in [-0.2, -0.15) is 0 Å². The Labute approximate surface area is 140 Å². The summed E-state index contributed by atoms with van der Waals surface area (Å²) in [5.74, 6) is 0.187. The quantitative estimate of drug-likeness (QED) is 0.870. The third kappa shape index (κ3) is 2.70. The number of anilines is 1. The van der Waals surface area contributed by atoms with Crippen molar-refractivity contribution in [3.05, 3.63) is 24.3 Å². The second kappa shape index (κ2) is 5.76. The van der Waals surface area contributed by atoms with E-state index in [4.69, 9.17) is 4.98 Å². The highest BCUT2D eigenvalue weighted by Crippen LogP contribution is 2.35. The van der Waals surface area contributed by atoms with E-state index in [2.05, 4.69) is 40.4 Å². The summed E-state index contributed by atoms with van der Waals surface area (Å²) >= 11 is 1.77. The van der Waals surface area contributed by atoms with Crippen LogP contribution < -0.4 is 10.2 Å². The number of carbonyl (C=O) groups is 1. The number of rotatable bonds is 1. The summed E-state index contributed by atoms with van der Waals surface area (Å²) in [5, 5.41) is 4.13. The molecule has 3 heterocycles. The predicted octanol–water partition coefficient (Wildman–Crippen LogP) is 2.09.